The molecule has 6 heteroatoms. The first-order chi connectivity index (χ1) is 6.59. The molecule has 0 radical (unpaired) electrons. The predicted molar refractivity (Wildman–Crippen MR) is 56.6 cm³/mol. The maximum atomic E-state index is 13.4. The van der Waals surface area contributed by atoms with Crippen LogP contribution in [0.25, 0.3) is 10.1 Å². The molecule has 0 aliphatic heterocycles. The Morgan fingerprint density at radius 3 is 2.71 bits per heavy atom. The Morgan fingerprint density at radius 2 is 2.07 bits per heavy atom. The molecule has 1 aromatic carbocycles. The lowest BCUT2D eigenvalue weighted by atomic mass is 9.80. The second kappa shape index (κ2) is 3.51. The van der Waals surface area contributed by atoms with E-state index in [1.54, 1.807) is 5.38 Å². The van der Waals surface area contributed by atoms with E-state index in [9.17, 15) is 4.39 Å². The van der Waals surface area contributed by atoms with Crippen molar-refractivity contribution in [2.24, 2.45) is 0 Å². The Labute approximate surface area is 88.7 Å². The first kappa shape index (κ1) is 9.92. The maximum absolute atomic E-state index is 13.4. The van der Waals surface area contributed by atoms with Crippen molar-refractivity contribution in [2.45, 2.75) is 0 Å². The third-order valence-corrected chi connectivity index (χ3v) is 3.26. The summed E-state index contributed by atoms with van der Waals surface area (Å²) >= 11 is 7.02. The molecule has 2 rings (SSSR count). The molecule has 0 atom stereocenters. The zero-order valence-corrected chi connectivity index (χ0v) is 8.44. The Kier molecular flexibility index (Phi) is 2.49. The van der Waals surface area contributed by atoms with Gasteiger partial charge in [0.1, 0.15) is 5.82 Å². The van der Waals surface area contributed by atoms with E-state index < -0.39 is 12.9 Å². The van der Waals surface area contributed by atoms with Crippen LogP contribution in [0.2, 0.25) is 5.02 Å². The molecule has 2 aromatic rings. The van der Waals surface area contributed by atoms with Crippen molar-refractivity contribution in [2.75, 3.05) is 0 Å². The van der Waals surface area contributed by atoms with Crippen molar-refractivity contribution in [3.63, 3.8) is 0 Å². The van der Waals surface area contributed by atoms with Crippen molar-refractivity contribution < 1.29 is 14.4 Å². The summed E-state index contributed by atoms with van der Waals surface area (Å²) in [6, 6.07) is 2.59. The number of rotatable bonds is 1. The van der Waals surface area contributed by atoms with E-state index in [4.69, 9.17) is 21.6 Å². The van der Waals surface area contributed by atoms with E-state index in [1.165, 1.54) is 17.4 Å². The summed E-state index contributed by atoms with van der Waals surface area (Å²) in [7, 11) is -1.66. The summed E-state index contributed by atoms with van der Waals surface area (Å²) in [6.45, 7) is 0. The number of fused-ring (bicyclic) bond motifs is 1. The lowest BCUT2D eigenvalue weighted by molar-refractivity contribution is 0.425. The van der Waals surface area contributed by atoms with Crippen LogP contribution in [-0.2, 0) is 0 Å². The molecule has 0 unspecified atom stereocenters. The molecule has 0 bridgehead atoms. The van der Waals surface area contributed by atoms with E-state index in [-0.39, 0.29) is 5.46 Å². The SMILES string of the molecule is OB(O)c1cc(F)c2c(Cl)csc2c1. The number of hydrogen-bond donors (Lipinski definition) is 2. The average Bonchev–Trinajstić information content (AvgIpc) is 2.48. The minimum absolute atomic E-state index is 0.133. The Balaban J connectivity index is 2.74. The van der Waals surface area contributed by atoms with Crippen molar-refractivity contribution in [3.8, 4) is 0 Å². The topological polar surface area (TPSA) is 40.5 Å². The number of halogens is 2. The van der Waals surface area contributed by atoms with E-state index in [0.717, 1.165) is 6.07 Å². The van der Waals surface area contributed by atoms with E-state index in [2.05, 4.69) is 0 Å². The number of hydrogen-bond acceptors (Lipinski definition) is 3. The van der Waals surface area contributed by atoms with Crippen LogP contribution in [0.4, 0.5) is 4.39 Å². The molecular weight excluding hydrogens is 225 g/mol. The highest BCUT2D eigenvalue weighted by atomic mass is 35.5. The summed E-state index contributed by atoms with van der Waals surface area (Å²) in [4.78, 5) is 0. The second-order valence-corrected chi connectivity index (χ2v) is 4.15. The zero-order chi connectivity index (χ0) is 10.3. The molecule has 14 heavy (non-hydrogen) atoms. The molecule has 2 N–H and O–H groups in total. The molecule has 0 aliphatic rings. The van der Waals surface area contributed by atoms with Gasteiger partial charge in [-0.1, -0.05) is 11.6 Å². The molecule has 0 saturated heterocycles. The predicted octanol–water partition coefficient (Wildman–Crippen LogP) is 1.37. The van der Waals surface area contributed by atoms with Crippen molar-refractivity contribution in [3.05, 3.63) is 28.4 Å². The van der Waals surface area contributed by atoms with Crippen LogP contribution in [0.3, 0.4) is 0 Å². The highest BCUT2D eigenvalue weighted by Crippen LogP contribution is 2.31. The first-order valence-corrected chi connectivity index (χ1v) is 5.07. The molecule has 1 heterocycles. The van der Waals surface area contributed by atoms with Crippen LogP contribution in [0, 0.1) is 5.82 Å². The van der Waals surface area contributed by atoms with Crippen LogP contribution in [0.15, 0.2) is 17.5 Å². The molecule has 0 aliphatic carbocycles. The van der Waals surface area contributed by atoms with Crippen LogP contribution in [0.1, 0.15) is 0 Å². The molecule has 0 amide bonds. The van der Waals surface area contributed by atoms with Gasteiger partial charge in [-0.3, -0.25) is 0 Å². The summed E-state index contributed by atoms with van der Waals surface area (Å²) in [5, 5.41) is 20.0. The van der Waals surface area contributed by atoms with Gasteiger partial charge in [-0.15, -0.1) is 11.3 Å². The summed E-state index contributed by atoms with van der Waals surface area (Å²) < 4.78 is 14.0. The zero-order valence-electron chi connectivity index (χ0n) is 6.87. The summed E-state index contributed by atoms with van der Waals surface area (Å²) in [6.07, 6.45) is 0. The van der Waals surface area contributed by atoms with Gasteiger partial charge >= 0.3 is 7.12 Å². The van der Waals surface area contributed by atoms with Gasteiger partial charge in [0, 0.05) is 15.5 Å². The van der Waals surface area contributed by atoms with Gasteiger partial charge in [-0.2, -0.15) is 0 Å². The van der Waals surface area contributed by atoms with Crippen molar-refractivity contribution >= 4 is 45.6 Å². The van der Waals surface area contributed by atoms with Crippen molar-refractivity contribution in [1.82, 2.24) is 0 Å². The fourth-order valence-electron chi connectivity index (χ4n) is 1.25. The average molecular weight is 230 g/mol. The van der Waals surface area contributed by atoms with Gasteiger partial charge in [0.25, 0.3) is 0 Å². The van der Waals surface area contributed by atoms with Crippen LogP contribution >= 0.6 is 22.9 Å². The smallest absolute Gasteiger partial charge is 0.423 e. The summed E-state index contributed by atoms with van der Waals surface area (Å²) in [5.41, 5.74) is 0.133. The Bertz CT molecular complexity index is 485. The van der Waals surface area contributed by atoms with E-state index >= 15 is 0 Å². The van der Waals surface area contributed by atoms with Crippen LogP contribution < -0.4 is 5.46 Å². The van der Waals surface area contributed by atoms with Gasteiger partial charge in [0.15, 0.2) is 0 Å². The molecule has 72 valence electrons. The van der Waals surface area contributed by atoms with Gasteiger partial charge in [0.2, 0.25) is 0 Å². The fraction of sp³-hybridized carbons (Fsp3) is 0. The standard InChI is InChI=1S/C8H5BClFO2S/c10-5-3-14-7-2-4(9(12)13)1-6(11)8(5)7/h1-3,12-13H. The Hall–Kier alpha value is -0.615. The quantitative estimate of drug-likeness (QED) is 0.727. The fourth-order valence-corrected chi connectivity index (χ4v) is 2.51. The third kappa shape index (κ3) is 1.52. The normalized spacial score (nSPS) is 10.9. The highest BCUT2D eigenvalue weighted by Gasteiger charge is 2.16. The second-order valence-electron chi connectivity index (χ2n) is 2.83. The van der Waals surface area contributed by atoms with Gasteiger partial charge in [-0.25, -0.2) is 4.39 Å². The highest BCUT2D eigenvalue weighted by molar-refractivity contribution is 7.18. The molecule has 0 saturated carbocycles. The lowest BCUT2D eigenvalue weighted by Gasteiger charge is -2.00. The van der Waals surface area contributed by atoms with E-state index in [0.29, 0.717) is 15.1 Å². The lowest BCUT2D eigenvalue weighted by Crippen LogP contribution is -2.29. The van der Waals surface area contributed by atoms with Crippen LogP contribution in [0.5, 0.6) is 0 Å². The largest absolute Gasteiger partial charge is 0.488 e. The first-order valence-electron chi connectivity index (χ1n) is 3.82. The number of thiophene rings is 1. The molecule has 2 nitrogen and oxygen atoms in total. The minimum atomic E-state index is -1.66. The monoisotopic (exact) mass is 230 g/mol. The minimum Gasteiger partial charge on any atom is -0.423 e. The summed E-state index contributed by atoms with van der Waals surface area (Å²) in [5.74, 6) is -0.531. The molecule has 0 spiro atoms. The van der Waals surface area contributed by atoms with Gasteiger partial charge < -0.3 is 10.0 Å². The Morgan fingerprint density at radius 1 is 1.36 bits per heavy atom. The molecular formula is C8H5BClFO2S. The van der Waals surface area contributed by atoms with Crippen LogP contribution in [-0.4, -0.2) is 17.2 Å². The van der Waals surface area contributed by atoms with Gasteiger partial charge in [-0.05, 0) is 17.6 Å². The van der Waals surface area contributed by atoms with Gasteiger partial charge in [0.05, 0.1) is 5.02 Å². The third-order valence-electron chi connectivity index (χ3n) is 1.90. The maximum Gasteiger partial charge on any atom is 0.488 e. The molecule has 1 aromatic heterocycles. The van der Waals surface area contributed by atoms with Crippen molar-refractivity contribution in [1.29, 1.82) is 0 Å². The number of benzene rings is 1. The molecule has 0 fully saturated rings. The van der Waals surface area contributed by atoms with E-state index in [1.807, 2.05) is 0 Å².